The zero-order valence-electron chi connectivity index (χ0n) is 21.3. The highest BCUT2D eigenvalue weighted by Gasteiger charge is 2.36. The van der Waals surface area contributed by atoms with Crippen LogP contribution in [0.1, 0.15) is 48.0 Å². The van der Waals surface area contributed by atoms with E-state index >= 15 is 0 Å². The smallest absolute Gasteiger partial charge is 0.325 e. The first-order valence-corrected chi connectivity index (χ1v) is 12.6. The first-order chi connectivity index (χ1) is 18.0. The molecule has 2 aromatic heterocycles. The first-order valence-electron chi connectivity index (χ1n) is 12.6. The molecule has 8 nitrogen and oxygen atoms in total. The van der Waals surface area contributed by atoms with Gasteiger partial charge in [-0.15, -0.1) is 0 Å². The Morgan fingerprint density at radius 2 is 1.86 bits per heavy atom. The molecule has 3 heterocycles. The first kappa shape index (κ1) is 24.4. The van der Waals surface area contributed by atoms with Gasteiger partial charge in [-0.25, -0.2) is 9.48 Å². The highest BCUT2D eigenvalue weighted by Crippen LogP contribution is 2.38. The summed E-state index contributed by atoms with van der Waals surface area (Å²) in [6.07, 6.45) is 2.74. The van der Waals surface area contributed by atoms with E-state index in [-0.39, 0.29) is 25.2 Å². The number of rotatable bonds is 6. The second-order valence-corrected chi connectivity index (χ2v) is 9.06. The molecular formula is C29H31N5O3. The Morgan fingerprint density at radius 1 is 1.05 bits per heavy atom. The molecule has 2 aromatic carbocycles. The molecule has 0 bridgehead atoms. The van der Waals surface area contributed by atoms with Crippen LogP contribution in [-0.4, -0.2) is 44.4 Å². The van der Waals surface area contributed by atoms with Crippen molar-refractivity contribution in [2.75, 3.05) is 13.2 Å². The third kappa shape index (κ3) is 4.62. The Morgan fingerprint density at radius 3 is 2.59 bits per heavy atom. The van der Waals surface area contributed by atoms with Crippen molar-refractivity contribution in [1.82, 2.24) is 24.6 Å². The quantitative estimate of drug-likeness (QED) is 0.391. The number of amides is 2. The molecule has 2 amide bonds. The maximum Gasteiger partial charge on any atom is 0.325 e. The van der Waals surface area contributed by atoms with Crippen LogP contribution in [-0.2, 0) is 22.5 Å². The van der Waals surface area contributed by atoms with Gasteiger partial charge >= 0.3 is 12.0 Å². The lowest BCUT2D eigenvalue weighted by Gasteiger charge is -2.31. The second-order valence-electron chi connectivity index (χ2n) is 9.06. The van der Waals surface area contributed by atoms with E-state index in [2.05, 4.69) is 22.9 Å². The minimum absolute atomic E-state index is 0.193. The number of aromatic nitrogens is 3. The number of urea groups is 1. The van der Waals surface area contributed by atoms with Crippen LogP contribution < -0.4 is 5.32 Å². The lowest BCUT2D eigenvalue weighted by Crippen LogP contribution is -2.44. The molecule has 1 atom stereocenters. The number of benzene rings is 2. The molecule has 0 spiro atoms. The zero-order valence-corrected chi connectivity index (χ0v) is 21.3. The number of nitrogens with zero attached hydrogens (tertiary/aromatic N) is 4. The zero-order chi connectivity index (χ0) is 25.9. The summed E-state index contributed by atoms with van der Waals surface area (Å²) in [4.78, 5) is 27.5. The Labute approximate surface area is 216 Å². The van der Waals surface area contributed by atoms with Gasteiger partial charge in [0, 0.05) is 11.8 Å². The van der Waals surface area contributed by atoms with Gasteiger partial charge in [0.1, 0.15) is 12.4 Å². The second kappa shape index (κ2) is 10.3. The average molecular weight is 498 g/mol. The number of nitrogens with one attached hydrogen (secondary N) is 1. The van der Waals surface area contributed by atoms with Crippen LogP contribution in [0.4, 0.5) is 4.79 Å². The van der Waals surface area contributed by atoms with Gasteiger partial charge < -0.3 is 19.5 Å². The van der Waals surface area contributed by atoms with Crippen LogP contribution in [0.2, 0.25) is 0 Å². The molecule has 5 rings (SSSR count). The number of fused-ring (bicyclic) bond motifs is 3. The monoisotopic (exact) mass is 497 g/mol. The third-order valence-corrected chi connectivity index (χ3v) is 6.61. The maximum absolute atomic E-state index is 13.7. The Balaban J connectivity index is 1.68. The fourth-order valence-electron chi connectivity index (χ4n) is 5.00. The van der Waals surface area contributed by atoms with Crippen molar-refractivity contribution in [2.24, 2.45) is 0 Å². The SMILES string of the molecule is CCOC(=O)CNC(=O)N1Cc2c(CC)nn(-c3ccccc3)c2-n2cccc2[C@H]1c1cccc(C)c1. The van der Waals surface area contributed by atoms with Crippen LogP contribution in [0, 0.1) is 6.92 Å². The van der Waals surface area contributed by atoms with E-state index in [0.717, 1.165) is 39.6 Å². The molecule has 37 heavy (non-hydrogen) atoms. The fraction of sp³-hybridized carbons (Fsp3) is 0.276. The van der Waals surface area contributed by atoms with Gasteiger partial charge in [0.2, 0.25) is 0 Å². The van der Waals surface area contributed by atoms with Crippen molar-refractivity contribution >= 4 is 12.0 Å². The molecule has 4 aromatic rings. The minimum Gasteiger partial charge on any atom is -0.465 e. The number of esters is 1. The molecule has 190 valence electrons. The van der Waals surface area contributed by atoms with Gasteiger partial charge in [0.25, 0.3) is 0 Å². The summed E-state index contributed by atoms with van der Waals surface area (Å²) in [5.41, 5.74) is 5.89. The fourth-order valence-corrected chi connectivity index (χ4v) is 5.00. The van der Waals surface area contributed by atoms with Crippen LogP contribution in [0.5, 0.6) is 0 Å². The van der Waals surface area contributed by atoms with Gasteiger partial charge in [-0.05, 0) is 50.1 Å². The lowest BCUT2D eigenvalue weighted by molar-refractivity contribution is -0.141. The number of hydrogen-bond donors (Lipinski definition) is 1. The van der Waals surface area contributed by atoms with Gasteiger partial charge in [-0.2, -0.15) is 5.10 Å². The minimum atomic E-state index is -0.465. The summed E-state index contributed by atoms with van der Waals surface area (Å²) in [6, 6.07) is 21.6. The van der Waals surface area contributed by atoms with Crippen molar-refractivity contribution in [3.05, 3.63) is 101 Å². The molecular weight excluding hydrogens is 466 g/mol. The average Bonchev–Trinajstić information content (AvgIpc) is 3.49. The number of aryl methyl sites for hydroxylation is 2. The summed E-state index contributed by atoms with van der Waals surface area (Å²) in [7, 11) is 0. The molecule has 0 saturated carbocycles. The van der Waals surface area contributed by atoms with Gasteiger partial charge in [0.05, 0.1) is 36.3 Å². The molecule has 1 aliphatic rings. The van der Waals surface area contributed by atoms with E-state index < -0.39 is 5.97 Å². The van der Waals surface area contributed by atoms with Crippen molar-refractivity contribution in [2.45, 2.75) is 39.8 Å². The molecule has 1 N–H and O–H groups in total. The summed E-state index contributed by atoms with van der Waals surface area (Å²) < 4.78 is 9.13. The number of para-hydroxylation sites is 1. The molecule has 0 aliphatic carbocycles. The standard InChI is InChI=1S/C29H31N5O3/c1-4-24-23-19-33(29(36)30-18-26(35)37-5-2)27(21-12-9-11-20(3)17-21)25-15-10-16-32(25)28(23)34(31-24)22-13-7-6-8-14-22/h6-17,27H,4-5,18-19H2,1-3H3,(H,30,36)/t27-/m1/s1. The van der Waals surface area contributed by atoms with Crippen molar-refractivity contribution in [3.8, 4) is 11.5 Å². The van der Waals surface area contributed by atoms with E-state index in [9.17, 15) is 9.59 Å². The molecule has 0 saturated heterocycles. The topological polar surface area (TPSA) is 81.4 Å². The summed E-state index contributed by atoms with van der Waals surface area (Å²) in [5.74, 6) is 0.453. The van der Waals surface area contributed by atoms with Crippen LogP contribution in [0.3, 0.4) is 0 Å². The summed E-state index contributed by atoms with van der Waals surface area (Å²) in [5, 5.41) is 7.75. The van der Waals surface area contributed by atoms with E-state index in [0.29, 0.717) is 13.0 Å². The van der Waals surface area contributed by atoms with Crippen LogP contribution in [0.25, 0.3) is 11.5 Å². The molecule has 0 unspecified atom stereocenters. The largest absolute Gasteiger partial charge is 0.465 e. The van der Waals surface area contributed by atoms with Crippen molar-refractivity contribution < 1.29 is 14.3 Å². The number of ether oxygens (including phenoxy) is 1. The van der Waals surface area contributed by atoms with E-state index in [1.807, 2.05) is 78.5 Å². The Hall–Kier alpha value is -4.33. The highest BCUT2D eigenvalue weighted by atomic mass is 16.5. The molecule has 0 radical (unpaired) electrons. The van der Waals surface area contributed by atoms with Crippen molar-refractivity contribution in [1.29, 1.82) is 0 Å². The summed E-state index contributed by atoms with van der Waals surface area (Å²) >= 11 is 0. The lowest BCUT2D eigenvalue weighted by atomic mass is 10.00. The van der Waals surface area contributed by atoms with Gasteiger partial charge in [-0.1, -0.05) is 55.0 Å². The van der Waals surface area contributed by atoms with E-state index in [1.165, 1.54) is 0 Å². The molecule has 0 fully saturated rings. The number of carbonyl (C=O) groups excluding carboxylic acids is 2. The van der Waals surface area contributed by atoms with Gasteiger partial charge in [-0.3, -0.25) is 4.79 Å². The molecule has 1 aliphatic heterocycles. The van der Waals surface area contributed by atoms with Crippen LogP contribution >= 0.6 is 0 Å². The summed E-state index contributed by atoms with van der Waals surface area (Å²) in [6.45, 7) is 6.26. The third-order valence-electron chi connectivity index (χ3n) is 6.61. The number of hydrogen-bond acceptors (Lipinski definition) is 4. The van der Waals surface area contributed by atoms with E-state index in [4.69, 9.17) is 9.84 Å². The van der Waals surface area contributed by atoms with Crippen molar-refractivity contribution in [3.63, 3.8) is 0 Å². The van der Waals surface area contributed by atoms with Crippen LogP contribution in [0.15, 0.2) is 72.9 Å². The predicted octanol–water partition coefficient (Wildman–Crippen LogP) is 4.71. The molecule has 8 heteroatoms. The Kier molecular flexibility index (Phi) is 6.81. The van der Waals surface area contributed by atoms with Gasteiger partial charge in [0.15, 0.2) is 0 Å². The maximum atomic E-state index is 13.7. The highest BCUT2D eigenvalue weighted by molar-refractivity contribution is 5.81. The predicted molar refractivity (Wildman–Crippen MR) is 141 cm³/mol. The Bertz CT molecular complexity index is 1420. The normalized spacial score (nSPS) is 14.5. The van der Waals surface area contributed by atoms with E-state index in [1.54, 1.807) is 11.8 Å². The number of carbonyl (C=O) groups is 2.